The lowest BCUT2D eigenvalue weighted by molar-refractivity contribution is 0.492. The van der Waals surface area contributed by atoms with E-state index in [1.54, 1.807) is 0 Å². The van der Waals surface area contributed by atoms with Gasteiger partial charge in [-0.3, -0.25) is 0 Å². The van der Waals surface area contributed by atoms with Gasteiger partial charge in [-0.1, -0.05) is 0 Å². The van der Waals surface area contributed by atoms with Gasteiger partial charge in [0, 0.05) is 7.05 Å². The van der Waals surface area contributed by atoms with Gasteiger partial charge in [0.05, 0.1) is 0 Å². The molecular formula is C5H6BBrF3N2-. The summed E-state index contributed by atoms with van der Waals surface area (Å²) in [5, 5.41) is 3.61. The van der Waals surface area contributed by atoms with Crippen LogP contribution in [0.4, 0.5) is 12.9 Å². The van der Waals surface area contributed by atoms with Gasteiger partial charge in [0.25, 0.3) is 0 Å². The van der Waals surface area contributed by atoms with Gasteiger partial charge in [0.1, 0.15) is 4.60 Å². The van der Waals surface area contributed by atoms with Crippen LogP contribution in [0.2, 0.25) is 0 Å². The van der Waals surface area contributed by atoms with Crippen molar-refractivity contribution in [3.05, 3.63) is 10.2 Å². The molecule has 0 N–H and O–H groups in total. The Kier molecular flexibility index (Phi) is 2.24. The van der Waals surface area contributed by atoms with Gasteiger partial charge in [0.15, 0.2) is 0 Å². The van der Waals surface area contributed by atoms with Crippen LogP contribution in [0.3, 0.4) is 0 Å². The first-order valence-electron chi connectivity index (χ1n) is 3.23. The van der Waals surface area contributed by atoms with E-state index in [-0.39, 0.29) is 10.2 Å². The summed E-state index contributed by atoms with van der Waals surface area (Å²) in [4.78, 5) is 0. The molecule has 68 valence electrons. The van der Waals surface area contributed by atoms with Crippen molar-refractivity contribution in [2.75, 3.05) is 0 Å². The second kappa shape index (κ2) is 2.79. The maximum atomic E-state index is 12.3. The summed E-state index contributed by atoms with van der Waals surface area (Å²) in [5.41, 5.74) is -0.508. The summed E-state index contributed by atoms with van der Waals surface area (Å²) >= 11 is 2.94. The van der Waals surface area contributed by atoms with Crippen LogP contribution in [0.15, 0.2) is 4.60 Å². The third-order valence-corrected chi connectivity index (χ3v) is 2.34. The lowest BCUT2D eigenvalue weighted by Gasteiger charge is -2.15. The van der Waals surface area contributed by atoms with Gasteiger partial charge in [0.2, 0.25) is 0 Å². The molecule has 2 nitrogen and oxygen atoms in total. The Hall–Kier alpha value is -0.455. The van der Waals surface area contributed by atoms with Crippen LogP contribution in [-0.2, 0) is 7.05 Å². The maximum Gasteiger partial charge on any atom is 0.527 e. The van der Waals surface area contributed by atoms with Crippen molar-refractivity contribution in [2.45, 2.75) is 6.92 Å². The summed E-state index contributed by atoms with van der Waals surface area (Å²) in [6.07, 6.45) is 0. The zero-order chi connectivity index (χ0) is 9.52. The smallest absolute Gasteiger partial charge is 0.444 e. The Bertz CT molecular complexity index is 306. The molecule has 0 saturated carbocycles. The average molecular weight is 242 g/mol. The maximum absolute atomic E-state index is 12.3. The van der Waals surface area contributed by atoms with Gasteiger partial charge in [-0.05, 0) is 34.0 Å². The van der Waals surface area contributed by atoms with Crippen LogP contribution < -0.4 is 5.59 Å². The standard InChI is InChI=1S/C5H6BBrF3N2/c1-3-4(6(8,9)10)12(2)11-5(3)7/h1-2H3/q-1. The van der Waals surface area contributed by atoms with E-state index < -0.39 is 12.6 Å². The largest absolute Gasteiger partial charge is 0.527 e. The Morgan fingerprint density at radius 2 is 1.92 bits per heavy atom. The molecule has 0 spiro atoms. The topological polar surface area (TPSA) is 17.8 Å². The van der Waals surface area contributed by atoms with Gasteiger partial charge in [-0.15, -0.1) is 0 Å². The Balaban J connectivity index is 3.32. The van der Waals surface area contributed by atoms with Crippen LogP contribution in [-0.4, -0.2) is 16.8 Å². The molecule has 7 heteroatoms. The number of nitrogens with zero attached hydrogens (tertiary/aromatic N) is 2. The normalized spacial score (nSPS) is 12.2. The first-order chi connectivity index (χ1) is 5.34. The highest BCUT2D eigenvalue weighted by atomic mass is 79.9. The van der Waals surface area contributed by atoms with Crippen molar-refractivity contribution in [1.82, 2.24) is 9.78 Å². The number of aryl methyl sites for hydroxylation is 1. The van der Waals surface area contributed by atoms with E-state index in [1.807, 2.05) is 0 Å². The summed E-state index contributed by atoms with van der Waals surface area (Å²) in [5.74, 6) is 0. The SMILES string of the molecule is Cc1c(Br)nn(C)c1[B-](F)(F)F. The summed E-state index contributed by atoms with van der Waals surface area (Å²) in [6.45, 7) is -3.57. The highest BCUT2D eigenvalue weighted by Crippen LogP contribution is 2.17. The van der Waals surface area contributed by atoms with Crippen molar-refractivity contribution in [3.63, 3.8) is 0 Å². The van der Waals surface area contributed by atoms with Crippen LogP contribution in [0.25, 0.3) is 0 Å². The molecule has 0 radical (unpaired) electrons. The van der Waals surface area contributed by atoms with Crippen molar-refractivity contribution < 1.29 is 12.9 Å². The van der Waals surface area contributed by atoms with E-state index in [4.69, 9.17) is 0 Å². The minimum atomic E-state index is -4.96. The molecular weight excluding hydrogens is 236 g/mol. The Morgan fingerprint density at radius 1 is 1.42 bits per heavy atom. The zero-order valence-electron chi connectivity index (χ0n) is 6.48. The predicted octanol–water partition coefficient (Wildman–Crippen LogP) is 1.55. The van der Waals surface area contributed by atoms with Gasteiger partial charge >= 0.3 is 6.98 Å². The molecule has 0 amide bonds. The van der Waals surface area contributed by atoms with Crippen molar-refractivity contribution in [3.8, 4) is 0 Å². The first kappa shape index (κ1) is 9.63. The van der Waals surface area contributed by atoms with E-state index in [1.165, 1.54) is 14.0 Å². The average Bonchev–Trinajstić information content (AvgIpc) is 2.05. The van der Waals surface area contributed by atoms with E-state index in [9.17, 15) is 12.9 Å². The lowest BCUT2D eigenvalue weighted by atomic mass is 9.83. The molecule has 1 aromatic rings. The molecule has 1 heterocycles. The van der Waals surface area contributed by atoms with Crippen molar-refractivity contribution >= 4 is 28.5 Å². The quantitative estimate of drug-likeness (QED) is 0.683. The summed E-state index contributed by atoms with van der Waals surface area (Å²) < 4.78 is 38.0. The van der Waals surface area contributed by atoms with Gasteiger partial charge in [-0.25, -0.2) is 0 Å². The molecule has 0 aliphatic carbocycles. The number of hydrogen-bond donors (Lipinski definition) is 0. The van der Waals surface area contributed by atoms with Crippen LogP contribution >= 0.6 is 15.9 Å². The van der Waals surface area contributed by atoms with Crippen LogP contribution in [0.1, 0.15) is 5.56 Å². The second-order valence-corrected chi connectivity index (χ2v) is 3.25. The number of halogens is 4. The van der Waals surface area contributed by atoms with E-state index in [0.29, 0.717) is 0 Å². The van der Waals surface area contributed by atoms with E-state index in [0.717, 1.165) is 4.68 Å². The fraction of sp³-hybridized carbons (Fsp3) is 0.400. The van der Waals surface area contributed by atoms with E-state index >= 15 is 0 Å². The zero-order valence-corrected chi connectivity index (χ0v) is 8.07. The fourth-order valence-electron chi connectivity index (χ4n) is 1.07. The molecule has 0 aromatic carbocycles. The van der Waals surface area contributed by atoms with E-state index in [2.05, 4.69) is 21.0 Å². The molecule has 0 fully saturated rings. The molecule has 0 atom stereocenters. The Labute approximate surface area is 75.9 Å². The molecule has 1 rings (SSSR count). The third kappa shape index (κ3) is 1.50. The first-order valence-corrected chi connectivity index (χ1v) is 4.02. The predicted molar refractivity (Wildman–Crippen MR) is 44.4 cm³/mol. The van der Waals surface area contributed by atoms with Crippen LogP contribution in [0, 0.1) is 6.92 Å². The Morgan fingerprint density at radius 3 is 2.08 bits per heavy atom. The minimum Gasteiger partial charge on any atom is -0.444 e. The molecule has 0 aliphatic heterocycles. The third-order valence-electron chi connectivity index (χ3n) is 1.59. The summed E-state index contributed by atoms with van der Waals surface area (Å²) in [6, 6.07) is 0. The monoisotopic (exact) mass is 241 g/mol. The van der Waals surface area contributed by atoms with Crippen molar-refractivity contribution in [2.24, 2.45) is 7.05 Å². The fourth-order valence-corrected chi connectivity index (χ4v) is 1.51. The second-order valence-electron chi connectivity index (χ2n) is 2.50. The number of rotatable bonds is 1. The highest BCUT2D eigenvalue weighted by Gasteiger charge is 2.32. The minimum absolute atomic E-state index is 0.144. The van der Waals surface area contributed by atoms with Crippen molar-refractivity contribution in [1.29, 1.82) is 0 Å². The molecule has 0 bridgehead atoms. The number of aromatic nitrogens is 2. The molecule has 0 unspecified atom stereocenters. The summed E-state index contributed by atoms with van der Waals surface area (Å²) in [7, 11) is 1.28. The highest BCUT2D eigenvalue weighted by molar-refractivity contribution is 9.10. The van der Waals surface area contributed by atoms with Crippen LogP contribution in [0.5, 0.6) is 0 Å². The van der Waals surface area contributed by atoms with Gasteiger partial charge < -0.3 is 17.6 Å². The molecule has 1 aromatic heterocycles. The molecule has 12 heavy (non-hydrogen) atoms. The van der Waals surface area contributed by atoms with Gasteiger partial charge in [-0.2, -0.15) is 5.10 Å². The molecule has 0 saturated heterocycles. The number of hydrogen-bond acceptors (Lipinski definition) is 1. The molecule has 0 aliphatic rings. The lowest BCUT2D eigenvalue weighted by Crippen LogP contribution is -2.40.